The molecular weight excluding hydrogens is 416 g/mol. The maximum Gasteiger partial charge on any atom is 0.349 e. The number of benzene rings is 2. The first-order chi connectivity index (χ1) is 15.7. The van der Waals surface area contributed by atoms with Gasteiger partial charge in [0.2, 0.25) is 5.69 Å². The number of nitrogens with two attached hydrogens (primary N) is 1. The van der Waals surface area contributed by atoms with Crippen molar-refractivity contribution in [1.82, 2.24) is 14.8 Å². The van der Waals surface area contributed by atoms with Gasteiger partial charge in [0, 0.05) is 17.0 Å². The molecule has 8 heteroatoms. The summed E-state index contributed by atoms with van der Waals surface area (Å²) in [6.45, 7) is 6.03. The van der Waals surface area contributed by atoms with Crippen LogP contribution in [0.5, 0.6) is 0 Å². The first kappa shape index (κ1) is 23.7. The van der Waals surface area contributed by atoms with E-state index >= 15 is 0 Å². The number of hydrogen-bond donors (Lipinski definition) is 3. The lowest BCUT2D eigenvalue weighted by atomic mass is 9.93. The fraction of sp³-hybridized carbons (Fsp3) is 0.320. The van der Waals surface area contributed by atoms with Crippen molar-refractivity contribution in [3.8, 4) is 11.8 Å². The van der Waals surface area contributed by atoms with Gasteiger partial charge in [-0.25, -0.2) is 4.79 Å². The lowest BCUT2D eigenvalue weighted by Crippen LogP contribution is -2.33. The SMILES string of the molecule is CCCCCC(=N)c1cc(Cc2c(C)cc(-n3nc(C#N)c(=O)[nH]c3=O)cc2C)ccc1N. The van der Waals surface area contributed by atoms with Crippen molar-refractivity contribution in [2.45, 2.75) is 52.9 Å². The second-order valence-electron chi connectivity index (χ2n) is 8.22. The standard InChI is InChI=1S/C25H28N6O2/c1-4-5-6-7-21(27)20-13-17(8-9-22(20)28)12-19-15(2)10-18(11-16(19)3)31-25(33)29-24(32)23(14-26)30-31/h8-11,13,27H,4-7,12,28H2,1-3H3,(H,29,32,33). The summed E-state index contributed by atoms with van der Waals surface area (Å²) in [6.07, 6.45) is 4.53. The number of H-pyrrole nitrogens is 1. The van der Waals surface area contributed by atoms with Gasteiger partial charge in [-0.05, 0) is 79.6 Å². The van der Waals surface area contributed by atoms with Crippen LogP contribution in [0.1, 0.15) is 66.1 Å². The summed E-state index contributed by atoms with van der Waals surface area (Å²) >= 11 is 0. The van der Waals surface area contributed by atoms with Gasteiger partial charge < -0.3 is 11.1 Å². The molecule has 0 saturated carbocycles. The number of nitriles is 1. The van der Waals surface area contributed by atoms with Crippen molar-refractivity contribution >= 4 is 11.4 Å². The van der Waals surface area contributed by atoms with Gasteiger partial charge in [0.15, 0.2) is 0 Å². The third-order valence-corrected chi connectivity index (χ3v) is 5.71. The highest BCUT2D eigenvalue weighted by atomic mass is 16.2. The Kier molecular flexibility index (Phi) is 7.23. The molecule has 3 aromatic rings. The minimum absolute atomic E-state index is 0.371. The molecule has 0 fully saturated rings. The molecule has 0 amide bonds. The number of anilines is 1. The van der Waals surface area contributed by atoms with E-state index in [2.05, 4.69) is 17.0 Å². The maximum atomic E-state index is 12.2. The quantitative estimate of drug-likeness (QED) is 0.277. The number of unbranched alkanes of at least 4 members (excludes halogenated alkanes) is 2. The van der Waals surface area contributed by atoms with Crippen molar-refractivity contribution in [2.24, 2.45) is 0 Å². The Hall–Kier alpha value is -3.99. The number of nitrogen functional groups attached to an aromatic ring is 1. The fourth-order valence-corrected chi connectivity index (χ4v) is 3.89. The van der Waals surface area contributed by atoms with E-state index in [0.29, 0.717) is 29.9 Å². The number of hydrogen-bond acceptors (Lipinski definition) is 6. The smallest absolute Gasteiger partial charge is 0.349 e. The van der Waals surface area contributed by atoms with Gasteiger partial charge in [-0.15, -0.1) is 5.10 Å². The molecular formula is C25H28N6O2. The summed E-state index contributed by atoms with van der Waals surface area (Å²) in [5, 5.41) is 21.4. The van der Waals surface area contributed by atoms with E-state index < -0.39 is 11.2 Å². The van der Waals surface area contributed by atoms with Crippen LogP contribution in [0.4, 0.5) is 5.69 Å². The lowest BCUT2D eigenvalue weighted by molar-refractivity contribution is 0.738. The molecule has 4 N–H and O–H groups in total. The second kappa shape index (κ2) is 10.1. The highest BCUT2D eigenvalue weighted by Crippen LogP contribution is 2.24. The van der Waals surface area contributed by atoms with Gasteiger partial charge >= 0.3 is 5.69 Å². The zero-order chi connectivity index (χ0) is 24.1. The molecule has 170 valence electrons. The lowest BCUT2D eigenvalue weighted by Gasteiger charge is -2.15. The predicted octanol–water partition coefficient (Wildman–Crippen LogP) is 3.53. The van der Waals surface area contributed by atoms with Gasteiger partial charge in [0.05, 0.1) is 5.69 Å². The van der Waals surface area contributed by atoms with Crippen molar-refractivity contribution < 1.29 is 0 Å². The van der Waals surface area contributed by atoms with E-state index in [0.717, 1.165) is 51.8 Å². The number of aryl methyl sites for hydroxylation is 2. The summed E-state index contributed by atoms with van der Waals surface area (Å²) in [6, 6.07) is 11.1. The minimum atomic E-state index is -0.803. The van der Waals surface area contributed by atoms with Gasteiger partial charge in [-0.2, -0.15) is 9.94 Å². The molecule has 0 aliphatic carbocycles. The average Bonchev–Trinajstić information content (AvgIpc) is 2.77. The Labute approximate surface area is 192 Å². The van der Waals surface area contributed by atoms with Crippen LogP contribution in [-0.4, -0.2) is 20.5 Å². The van der Waals surface area contributed by atoms with Gasteiger partial charge in [-0.1, -0.05) is 25.8 Å². The van der Waals surface area contributed by atoms with Gasteiger partial charge in [-0.3, -0.25) is 9.78 Å². The number of nitrogens with one attached hydrogen (secondary N) is 2. The number of aromatic amines is 1. The number of rotatable bonds is 8. The van der Waals surface area contributed by atoms with Crippen molar-refractivity contribution in [3.63, 3.8) is 0 Å². The molecule has 0 spiro atoms. The van der Waals surface area contributed by atoms with Crippen LogP contribution >= 0.6 is 0 Å². The van der Waals surface area contributed by atoms with E-state index in [9.17, 15) is 9.59 Å². The molecule has 0 saturated heterocycles. The highest BCUT2D eigenvalue weighted by Gasteiger charge is 2.13. The molecule has 0 unspecified atom stereocenters. The van der Waals surface area contributed by atoms with Crippen molar-refractivity contribution in [3.05, 3.63) is 84.7 Å². The monoisotopic (exact) mass is 444 g/mol. The first-order valence-electron chi connectivity index (χ1n) is 11.0. The van der Waals surface area contributed by atoms with E-state index in [1.165, 1.54) is 0 Å². The van der Waals surface area contributed by atoms with E-state index in [1.54, 1.807) is 18.2 Å². The first-order valence-corrected chi connectivity index (χ1v) is 11.0. The molecule has 0 radical (unpaired) electrons. The number of nitrogens with zero attached hydrogens (tertiary/aromatic N) is 3. The topological polar surface area (TPSA) is 141 Å². The molecule has 33 heavy (non-hydrogen) atoms. The molecule has 3 rings (SSSR count). The molecule has 0 aliphatic heterocycles. The molecule has 0 aliphatic rings. The summed E-state index contributed by atoms with van der Waals surface area (Å²) in [7, 11) is 0. The molecule has 0 atom stereocenters. The van der Waals surface area contributed by atoms with Crippen LogP contribution in [0.2, 0.25) is 0 Å². The number of aromatic nitrogens is 3. The largest absolute Gasteiger partial charge is 0.398 e. The Bertz CT molecular complexity index is 1340. The fourth-order valence-electron chi connectivity index (χ4n) is 3.89. The maximum absolute atomic E-state index is 12.2. The third kappa shape index (κ3) is 5.26. The zero-order valence-corrected chi connectivity index (χ0v) is 19.2. The van der Waals surface area contributed by atoms with Crippen molar-refractivity contribution in [2.75, 3.05) is 5.73 Å². The van der Waals surface area contributed by atoms with Crippen LogP contribution < -0.4 is 17.0 Å². The van der Waals surface area contributed by atoms with Crippen LogP contribution in [0, 0.1) is 30.6 Å². The molecule has 2 aromatic carbocycles. The average molecular weight is 445 g/mol. The predicted molar refractivity (Wildman–Crippen MR) is 129 cm³/mol. The summed E-state index contributed by atoms with van der Waals surface area (Å²) < 4.78 is 1.03. The van der Waals surface area contributed by atoms with Crippen LogP contribution in [-0.2, 0) is 6.42 Å². The van der Waals surface area contributed by atoms with Gasteiger partial charge in [0.1, 0.15) is 6.07 Å². The summed E-state index contributed by atoms with van der Waals surface area (Å²) in [5.74, 6) is 0. The van der Waals surface area contributed by atoms with Crippen LogP contribution in [0.15, 0.2) is 39.9 Å². The Morgan fingerprint density at radius 2 is 1.88 bits per heavy atom. The van der Waals surface area contributed by atoms with E-state index in [1.807, 2.05) is 32.0 Å². The van der Waals surface area contributed by atoms with Gasteiger partial charge in [0.25, 0.3) is 5.56 Å². The Balaban J connectivity index is 1.93. The Morgan fingerprint density at radius 1 is 1.18 bits per heavy atom. The normalized spacial score (nSPS) is 10.7. The van der Waals surface area contributed by atoms with E-state index in [-0.39, 0.29) is 5.69 Å². The Morgan fingerprint density at radius 3 is 2.52 bits per heavy atom. The van der Waals surface area contributed by atoms with Crippen molar-refractivity contribution in [1.29, 1.82) is 10.7 Å². The van der Waals surface area contributed by atoms with Crippen LogP contribution in [0.3, 0.4) is 0 Å². The summed E-state index contributed by atoms with van der Waals surface area (Å²) in [4.78, 5) is 26.0. The highest BCUT2D eigenvalue weighted by molar-refractivity contribution is 6.02. The zero-order valence-electron chi connectivity index (χ0n) is 19.2. The third-order valence-electron chi connectivity index (χ3n) is 5.71. The molecule has 0 bridgehead atoms. The van der Waals surface area contributed by atoms with E-state index in [4.69, 9.17) is 16.4 Å². The van der Waals surface area contributed by atoms with Crippen LogP contribution in [0.25, 0.3) is 5.69 Å². The second-order valence-corrected chi connectivity index (χ2v) is 8.22. The summed E-state index contributed by atoms with van der Waals surface area (Å²) in [5.41, 5.74) is 10.7. The minimum Gasteiger partial charge on any atom is -0.398 e. The molecule has 8 nitrogen and oxygen atoms in total. The molecule has 1 heterocycles. The molecule has 1 aromatic heterocycles.